The molecule has 0 spiro atoms. The van der Waals surface area contributed by atoms with Crippen LogP contribution in [0.15, 0.2) is 67.0 Å². The van der Waals surface area contributed by atoms with Gasteiger partial charge >= 0.3 is 0 Å². The minimum Gasteiger partial charge on any atom is -0.366 e. The maximum absolute atomic E-state index is 11.5. The highest BCUT2D eigenvalue weighted by Gasteiger charge is 2.03. The summed E-state index contributed by atoms with van der Waals surface area (Å²) in [6.45, 7) is 2.24. The molecule has 2 N–H and O–H groups in total. The van der Waals surface area contributed by atoms with Crippen LogP contribution in [0.3, 0.4) is 0 Å². The van der Waals surface area contributed by atoms with Crippen molar-refractivity contribution in [3.05, 3.63) is 78.1 Å². The maximum atomic E-state index is 11.5. The Bertz CT molecular complexity index is 834. The third-order valence-electron chi connectivity index (χ3n) is 3.53. The molecule has 0 saturated heterocycles. The van der Waals surface area contributed by atoms with Crippen LogP contribution in [0.4, 0.5) is 17.3 Å². The zero-order chi connectivity index (χ0) is 16.8. The molecule has 0 bridgehead atoms. The predicted molar refractivity (Wildman–Crippen MR) is 95.5 cm³/mol. The van der Waals surface area contributed by atoms with E-state index in [1.54, 1.807) is 13.0 Å². The van der Waals surface area contributed by atoms with E-state index in [1.807, 2.05) is 42.5 Å². The molecule has 120 valence electrons. The maximum Gasteiger partial charge on any atom is 0.159 e. The predicted octanol–water partition coefficient (Wildman–Crippen LogP) is 4.03. The van der Waals surface area contributed by atoms with E-state index in [4.69, 9.17) is 0 Å². The summed E-state index contributed by atoms with van der Waals surface area (Å²) in [6.07, 6.45) is 1.50. The molecule has 0 fully saturated rings. The van der Waals surface area contributed by atoms with Crippen LogP contribution in [0.25, 0.3) is 0 Å². The van der Waals surface area contributed by atoms with Crippen molar-refractivity contribution in [3.8, 4) is 0 Å². The molecular formula is C19H18N4O. The second-order valence-electron chi connectivity index (χ2n) is 5.39. The third kappa shape index (κ3) is 4.16. The molecule has 0 aliphatic rings. The van der Waals surface area contributed by atoms with E-state index in [9.17, 15) is 4.79 Å². The smallest absolute Gasteiger partial charge is 0.159 e. The molecule has 24 heavy (non-hydrogen) atoms. The number of carbonyl (C=O) groups is 1. The Kier molecular flexibility index (Phi) is 4.81. The van der Waals surface area contributed by atoms with Crippen molar-refractivity contribution in [2.24, 2.45) is 0 Å². The third-order valence-corrected chi connectivity index (χ3v) is 3.53. The highest BCUT2D eigenvalue weighted by atomic mass is 16.1. The van der Waals surface area contributed by atoms with Crippen LogP contribution >= 0.6 is 0 Å². The van der Waals surface area contributed by atoms with E-state index in [0.29, 0.717) is 17.9 Å². The second kappa shape index (κ2) is 7.37. The average molecular weight is 318 g/mol. The molecule has 5 nitrogen and oxygen atoms in total. The minimum absolute atomic E-state index is 0.0338. The summed E-state index contributed by atoms with van der Waals surface area (Å²) in [5.41, 5.74) is 2.66. The van der Waals surface area contributed by atoms with Gasteiger partial charge in [0.05, 0.1) is 0 Å². The Morgan fingerprint density at radius 2 is 1.75 bits per heavy atom. The van der Waals surface area contributed by atoms with Crippen molar-refractivity contribution in [1.82, 2.24) is 9.97 Å². The molecule has 0 saturated carbocycles. The largest absolute Gasteiger partial charge is 0.366 e. The molecule has 0 amide bonds. The van der Waals surface area contributed by atoms with E-state index in [2.05, 4.69) is 32.7 Å². The number of hydrogen-bond donors (Lipinski definition) is 2. The molecule has 0 aliphatic carbocycles. The molecule has 3 rings (SSSR count). The van der Waals surface area contributed by atoms with Crippen LogP contribution in [-0.4, -0.2) is 15.8 Å². The molecule has 0 aliphatic heterocycles. The van der Waals surface area contributed by atoms with Crippen LogP contribution in [0.5, 0.6) is 0 Å². The van der Waals surface area contributed by atoms with Gasteiger partial charge in [0.25, 0.3) is 0 Å². The van der Waals surface area contributed by atoms with E-state index in [1.165, 1.54) is 11.9 Å². The number of carbonyl (C=O) groups excluding carboxylic acids is 1. The van der Waals surface area contributed by atoms with Gasteiger partial charge in [0.2, 0.25) is 0 Å². The highest BCUT2D eigenvalue weighted by molar-refractivity contribution is 5.95. The molecular weight excluding hydrogens is 300 g/mol. The average Bonchev–Trinajstić information content (AvgIpc) is 2.61. The van der Waals surface area contributed by atoms with Gasteiger partial charge in [0.1, 0.15) is 18.0 Å². The minimum atomic E-state index is 0.0338. The van der Waals surface area contributed by atoms with Gasteiger partial charge in [-0.15, -0.1) is 0 Å². The van der Waals surface area contributed by atoms with Gasteiger partial charge in [-0.3, -0.25) is 4.79 Å². The first kappa shape index (κ1) is 15.7. The quantitative estimate of drug-likeness (QED) is 0.672. The lowest BCUT2D eigenvalue weighted by Gasteiger charge is -2.09. The zero-order valence-corrected chi connectivity index (χ0v) is 13.4. The first-order valence-corrected chi connectivity index (χ1v) is 7.68. The first-order valence-electron chi connectivity index (χ1n) is 7.68. The summed E-state index contributed by atoms with van der Waals surface area (Å²) in [7, 11) is 0. The number of nitrogens with one attached hydrogen (secondary N) is 2. The van der Waals surface area contributed by atoms with Gasteiger partial charge in [-0.05, 0) is 24.6 Å². The summed E-state index contributed by atoms with van der Waals surface area (Å²) in [5.74, 6) is 1.44. The SMILES string of the molecule is CC(=O)c1cccc(Nc2cc(NCc3ccccc3)ncn2)c1. The van der Waals surface area contributed by atoms with Gasteiger partial charge in [-0.1, -0.05) is 42.5 Å². The lowest BCUT2D eigenvalue weighted by atomic mass is 10.1. The number of Topliss-reactive ketones (excluding diaryl/α,β-unsaturated/α-hetero) is 1. The van der Waals surface area contributed by atoms with Gasteiger partial charge in [0, 0.05) is 23.9 Å². The fraction of sp³-hybridized carbons (Fsp3) is 0.105. The van der Waals surface area contributed by atoms with Crippen molar-refractivity contribution in [3.63, 3.8) is 0 Å². The van der Waals surface area contributed by atoms with Crippen LogP contribution < -0.4 is 10.6 Å². The molecule has 1 aromatic heterocycles. The Hall–Kier alpha value is -3.21. The number of aromatic nitrogens is 2. The standard InChI is InChI=1S/C19H18N4O/c1-14(24)16-8-5-9-17(10-16)23-19-11-18(21-13-22-19)20-12-15-6-3-2-4-7-15/h2-11,13H,12H2,1H3,(H2,20,21,22,23). The van der Waals surface area contributed by atoms with Gasteiger partial charge in [0.15, 0.2) is 5.78 Å². The van der Waals surface area contributed by atoms with Crippen molar-refractivity contribution < 1.29 is 4.79 Å². The monoisotopic (exact) mass is 318 g/mol. The number of ketones is 1. The molecule has 0 radical (unpaired) electrons. The fourth-order valence-corrected chi connectivity index (χ4v) is 2.27. The van der Waals surface area contributed by atoms with Crippen LogP contribution in [0, 0.1) is 0 Å². The van der Waals surface area contributed by atoms with Crippen molar-refractivity contribution >= 4 is 23.1 Å². The number of anilines is 3. The number of benzene rings is 2. The molecule has 1 heterocycles. The van der Waals surface area contributed by atoms with E-state index in [-0.39, 0.29) is 5.78 Å². The van der Waals surface area contributed by atoms with Gasteiger partial charge < -0.3 is 10.6 Å². The molecule has 5 heteroatoms. The van der Waals surface area contributed by atoms with Crippen molar-refractivity contribution in [2.45, 2.75) is 13.5 Å². The van der Waals surface area contributed by atoms with E-state index in [0.717, 1.165) is 11.5 Å². The Morgan fingerprint density at radius 1 is 0.958 bits per heavy atom. The normalized spacial score (nSPS) is 10.2. The summed E-state index contributed by atoms with van der Waals surface area (Å²) >= 11 is 0. The van der Waals surface area contributed by atoms with Gasteiger partial charge in [-0.25, -0.2) is 9.97 Å². The zero-order valence-electron chi connectivity index (χ0n) is 13.4. The second-order valence-corrected chi connectivity index (χ2v) is 5.39. The van der Waals surface area contributed by atoms with Crippen molar-refractivity contribution in [2.75, 3.05) is 10.6 Å². The summed E-state index contributed by atoms with van der Waals surface area (Å²) in [4.78, 5) is 19.9. The molecule has 0 atom stereocenters. The number of rotatable bonds is 6. The number of hydrogen-bond acceptors (Lipinski definition) is 5. The molecule has 0 unspecified atom stereocenters. The summed E-state index contributed by atoms with van der Waals surface area (Å²) < 4.78 is 0. The highest BCUT2D eigenvalue weighted by Crippen LogP contribution is 2.18. The van der Waals surface area contributed by atoms with Crippen LogP contribution in [-0.2, 0) is 6.54 Å². The topological polar surface area (TPSA) is 66.9 Å². The number of nitrogens with zero attached hydrogens (tertiary/aromatic N) is 2. The van der Waals surface area contributed by atoms with Crippen LogP contribution in [0.1, 0.15) is 22.8 Å². The lowest BCUT2D eigenvalue weighted by molar-refractivity contribution is 0.101. The summed E-state index contributed by atoms with van der Waals surface area (Å²) in [6, 6.07) is 19.3. The Morgan fingerprint density at radius 3 is 2.54 bits per heavy atom. The first-order chi connectivity index (χ1) is 11.7. The van der Waals surface area contributed by atoms with E-state index >= 15 is 0 Å². The lowest BCUT2D eigenvalue weighted by Crippen LogP contribution is -2.03. The fourth-order valence-electron chi connectivity index (χ4n) is 2.27. The Labute approximate surface area is 140 Å². The molecule has 2 aromatic carbocycles. The summed E-state index contributed by atoms with van der Waals surface area (Å²) in [5, 5.41) is 6.47. The van der Waals surface area contributed by atoms with Crippen molar-refractivity contribution in [1.29, 1.82) is 0 Å². The van der Waals surface area contributed by atoms with Gasteiger partial charge in [-0.2, -0.15) is 0 Å². The Balaban J connectivity index is 1.69. The molecule has 3 aromatic rings. The van der Waals surface area contributed by atoms with Crippen LogP contribution in [0.2, 0.25) is 0 Å². The van der Waals surface area contributed by atoms with E-state index < -0.39 is 0 Å².